The Morgan fingerprint density at radius 2 is 2.16 bits per heavy atom. The third kappa shape index (κ3) is 3.18. The second-order valence-electron chi connectivity index (χ2n) is 6.02. The van der Waals surface area contributed by atoms with Crippen LogP contribution >= 0.6 is 0 Å². The molecule has 4 heteroatoms. The highest BCUT2D eigenvalue weighted by molar-refractivity contribution is 4.93. The molecule has 2 fully saturated rings. The maximum Gasteiger partial charge on any atom is 0.208 e. The van der Waals surface area contributed by atoms with Crippen molar-refractivity contribution in [3.8, 4) is 0 Å². The summed E-state index contributed by atoms with van der Waals surface area (Å²) in [5, 5.41) is 3.40. The Morgan fingerprint density at radius 3 is 2.89 bits per heavy atom. The van der Waals surface area contributed by atoms with E-state index >= 15 is 0 Å². The minimum atomic E-state index is 0.226. The van der Waals surface area contributed by atoms with E-state index < -0.39 is 0 Å². The van der Waals surface area contributed by atoms with Crippen LogP contribution in [0.25, 0.3) is 0 Å². The Balaban J connectivity index is 1.42. The molecule has 3 rings (SSSR count). The first-order valence-corrected chi connectivity index (χ1v) is 7.56. The van der Waals surface area contributed by atoms with Crippen molar-refractivity contribution in [2.45, 2.75) is 70.1 Å². The number of rotatable bonds is 4. The zero-order valence-electron chi connectivity index (χ0n) is 11.8. The molecule has 0 radical (unpaired) electrons. The third-order valence-electron chi connectivity index (χ3n) is 4.42. The first-order chi connectivity index (χ1) is 9.26. The molecule has 19 heavy (non-hydrogen) atoms. The second kappa shape index (κ2) is 5.63. The molecule has 0 bridgehead atoms. The van der Waals surface area contributed by atoms with Gasteiger partial charge in [-0.1, -0.05) is 19.3 Å². The lowest BCUT2D eigenvalue weighted by atomic mass is 9.83. The standard InChI is InChI=1S/C15H24N2O2/c1-12-9-17-14(18-12)11-16-10-13-5-8-15(19-13)6-3-2-4-7-15/h9,13,16H,2-8,10-11H2,1H3. The van der Waals surface area contributed by atoms with Gasteiger partial charge in [0, 0.05) is 6.54 Å². The minimum Gasteiger partial charge on any atom is -0.445 e. The predicted octanol–water partition coefficient (Wildman–Crippen LogP) is 2.95. The topological polar surface area (TPSA) is 47.3 Å². The van der Waals surface area contributed by atoms with Crippen LogP contribution in [0.15, 0.2) is 10.6 Å². The van der Waals surface area contributed by atoms with E-state index in [9.17, 15) is 0 Å². The molecular formula is C15H24N2O2. The van der Waals surface area contributed by atoms with Crippen molar-refractivity contribution in [1.82, 2.24) is 10.3 Å². The van der Waals surface area contributed by atoms with Crippen LogP contribution in [-0.2, 0) is 11.3 Å². The summed E-state index contributed by atoms with van der Waals surface area (Å²) in [6.07, 6.45) is 11.2. The van der Waals surface area contributed by atoms with Gasteiger partial charge in [0.05, 0.1) is 24.4 Å². The number of nitrogens with one attached hydrogen (secondary N) is 1. The van der Waals surface area contributed by atoms with Crippen molar-refractivity contribution in [2.24, 2.45) is 0 Å². The van der Waals surface area contributed by atoms with Crippen molar-refractivity contribution in [3.63, 3.8) is 0 Å². The highest BCUT2D eigenvalue weighted by Crippen LogP contribution is 2.41. The Morgan fingerprint density at radius 1 is 1.32 bits per heavy atom. The minimum absolute atomic E-state index is 0.226. The van der Waals surface area contributed by atoms with Crippen molar-refractivity contribution in [3.05, 3.63) is 17.8 Å². The Bertz CT molecular complexity index is 410. The van der Waals surface area contributed by atoms with E-state index in [2.05, 4.69) is 10.3 Å². The maximum absolute atomic E-state index is 6.32. The average Bonchev–Trinajstić information content (AvgIpc) is 2.99. The van der Waals surface area contributed by atoms with Crippen molar-refractivity contribution < 1.29 is 9.15 Å². The van der Waals surface area contributed by atoms with Crippen molar-refractivity contribution in [1.29, 1.82) is 0 Å². The molecule has 2 aliphatic rings. The van der Waals surface area contributed by atoms with Crippen LogP contribution in [0.1, 0.15) is 56.6 Å². The van der Waals surface area contributed by atoms with Gasteiger partial charge in [-0.25, -0.2) is 4.98 Å². The Labute approximate surface area is 114 Å². The summed E-state index contributed by atoms with van der Waals surface area (Å²) in [5.41, 5.74) is 0.226. The maximum atomic E-state index is 6.32. The summed E-state index contributed by atoms with van der Waals surface area (Å²) in [6, 6.07) is 0. The number of hydrogen-bond donors (Lipinski definition) is 1. The fourth-order valence-corrected chi connectivity index (χ4v) is 3.43. The first kappa shape index (κ1) is 13.1. The molecule has 1 saturated heterocycles. The summed E-state index contributed by atoms with van der Waals surface area (Å²) in [7, 11) is 0. The molecule has 1 saturated carbocycles. The Hall–Kier alpha value is -0.870. The van der Waals surface area contributed by atoms with E-state index in [1.54, 1.807) is 6.20 Å². The summed E-state index contributed by atoms with van der Waals surface area (Å²) < 4.78 is 11.8. The van der Waals surface area contributed by atoms with Gasteiger partial charge in [0.25, 0.3) is 0 Å². The molecule has 106 valence electrons. The molecule has 0 aromatic carbocycles. The lowest BCUT2D eigenvalue weighted by molar-refractivity contribution is -0.0625. The molecule has 1 aromatic heterocycles. The van der Waals surface area contributed by atoms with Gasteiger partial charge >= 0.3 is 0 Å². The number of aromatic nitrogens is 1. The second-order valence-corrected chi connectivity index (χ2v) is 6.02. The molecule has 2 heterocycles. The zero-order chi connectivity index (χ0) is 13.1. The van der Waals surface area contributed by atoms with Gasteiger partial charge in [0.2, 0.25) is 5.89 Å². The van der Waals surface area contributed by atoms with Crippen LogP contribution in [0, 0.1) is 6.92 Å². The lowest BCUT2D eigenvalue weighted by Gasteiger charge is -2.33. The van der Waals surface area contributed by atoms with Gasteiger partial charge in [0.1, 0.15) is 5.76 Å². The van der Waals surface area contributed by atoms with E-state index in [0.29, 0.717) is 12.6 Å². The molecule has 1 unspecified atom stereocenters. The number of ether oxygens (including phenoxy) is 1. The third-order valence-corrected chi connectivity index (χ3v) is 4.42. The SMILES string of the molecule is Cc1cnc(CNCC2CCC3(CCCCC3)O2)o1. The van der Waals surface area contributed by atoms with Crippen LogP contribution in [0.4, 0.5) is 0 Å². The number of hydrogen-bond acceptors (Lipinski definition) is 4. The quantitative estimate of drug-likeness (QED) is 0.908. The molecule has 4 nitrogen and oxygen atoms in total. The van der Waals surface area contributed by atoms with Gasteiger partial charge < -0.3 is 14.5 Å². The van der Waals surface area contributed by atoms with E-state index in [1.165, 1.54) is 44.9 Å². The molecule has 1 aliphatic carbocycles. The van der Waals surface area contributed by atoms with E-state index in [0.717, 1.165) is 18.2 Å². The molecular weight excluding hydrogens is 240 g/mol. The van der Waals surface area contributed by atoms with Gasteiger partial charge in [-0.3, -0.25) is 0 Å². The monoisotopic (exact) mass is 264 g/mol. The average molecular weight is 264 g/mol. The molecule has 1 aromatic rings. The largest absolute Gasteiger partial charge is 0.445 e. The summed E-state index contributed by atoms with van der Waals surface area (Å²) in [4.78, 5) is 4.19. The molecule has 1 atom stereocenters. The van der Waals surface area contributed by atoms with Crippen LogP contribution in [0.5, 0.6) is 0 Å². The summed E-state index contributed by atoms with van der Waals surface area (Å²) >= 11 is 0. The van der Waals surface area contributed by atoms with E-state index in [1.807, 2.05) is 6.92 Å². The van der Waals surface area contributed by atoms with E-state index in [-0.39, 0.29) is 5.60 Å². The van der Waals surface area contributed by atoms with Gasteiger partial charge in [-0.2, -0.15) is 0 Å². The molecule has 1 spiro atoms. The normalized spacial score (nSPS) is 26.1. The Kier molecular flexibility index (Phi) is 3.89. The van der Waals surface area contributed by atoms with Gasteiger partial charge in [-0.15, -0.1) is 0 Å². The zero-order valence-corrected chi connectivity index (χ0v) is 11.8. The number of oxazole rings is 1. The molecule has 0 amide bonds. The van der Waals surface area contributed by atoms with Crippen molar-refractivity contribution >= 4 is 0 Å². The molecule has 1 aliphatic heterocycles. The predicted molar refractivity (Wildman–Crippen MR) is 72.9 cm³/mol. The van der Waals surface area contributed by atoms with Gasteiger partial charge in [0.15, 0.2) is 0 Å². The highest BCUT2D eigenvalue weighted by atomic mass is 16.5. The smallest absolute Gasteiger partial charge is 0.208 e. The highest BCUT2D eigenvalue weighted by Gasteiger charge is 2.40. The number of aryl methyl sites for hydroxylation is 1. The first-order valence-electron chi connectivity index (χ1n) is 7.56. The van der Waals surface area contributed by atoms with Gasteiger partial charge in [-0.05, 0) is 32.6 Å². The van der Waals surface area contributed by atoms with Crippen molar-refractivity contribution in [2.75, 3.05) is 6.54 Å². The fraction of sp³-hybridized carbons (Fsp3) is 0.800. The van der Waals surface area contributed by atoms with Crippen LogP contribution in [0.2, 0.25) is 0 Å². The number of nitrogens with zero attached hydrogens (tertiary/aromatic N) is 1. The summed E-state index contributed by atoms with van der Waals surface area (Å²) in [5.74, 6) is 1.64. The lowest BCUT2D eigenvalue weighted by Crippen LogP contribution is -2.34. The van der Waals surface area contributed by atoms with Crippen LogP contribution in [-0.4, -0.2) is 23.2 Å². The fourth-order valence-electron chi connectivity index (χ4n) is 3.43. The molecule has 1 N–H and O–H groups in total. The van der Waals surface area contributed by atoms with E-state index in [4.69, 9.17) is 9.15 Å². The summed E-state index contributed by atoms with van der Waals surface area (Å²) in [6.45, 7) is 3.52. The van der Waals surface area contributed by atoms with Crippen LogP contribution in [0.3, 0.4) is 0 Å². The van der Waals surface area contributed by atoms with Crippen LogP contribution < -0.4 is 5.32 Å².